The van der Waals surface area contributed by atoms with Gasteiger partial charge in [-0.25, -0.2) is 0 Å². The van der Waals surface area contributed by atoms with Gasteiger partial charge in [0, 0.05) is 27.3 Å². The monoisotopic (exact) mass is 518 g/mol. The minimum atomic E-state index is -1.88. The summed E-state index contributed by atoms with van der Waals surface area (Å²) in [5.41, 5.74) is 0. The van der Waals surface area contributed by atoms with Gasteiger partial charge in [-0.2, -0.15) is 0 Å². The van der Waals surface area contributed by atoms with Crippen molar-refractivity contribution in [1.29, 1.82) is 0 Å². The van der Waals surface area contributed by atoms with Crippen molar-refractivity contribution in [2.24, 2.45) is 11.8 Å². The van der Waals surface area contributed by atoms with Gasteiger partial charge in [0.2, 0.25) is 11.8 Å². The quantitative estimate of drug-likeness (QED) is 0.143. The lowest BCUT2D eigenvalue weighted by Crippen LogP contribution is -2.60. The molecule has 6 unspecified atom stereocenters. The van der Waals surface area contributed by atoms with E-state index < -0.39 is 60.1 Å². The van der Waals surface area contributed by atoms with Crippen LogP contribution < -0.4 is 21.3 Å². The average molecular weight is 519 g/mol. The van der Waals surface area contributed by atoms with E-state index in [-0.39, 0.29) is 25.0 Å². The molecule has 12 nitrogen and oxygen atoms in total. The van der Waals surface area contributed by atoms with Crippen molar-refractivity contribution in [2.75, 3.05) is 27.3 Å². The Kier molecular flexibility index (Phi) is 16.1. The predicted molar refractivity (Wildman–Crippen MR) is 134 cm³/mol. The molecule has 0 rings (SSSR count). The van der Waals surface area contributed by atoms with Crippen LogP contribution in [0.25, 0.3) is 0 Å². The van der Waals surface area contributed by atoms with Crippen LogP contribution in [0, 0.1) is 11.8 Å². The Morgan fingerprint density at radius 3 is 1.17 bits per heavy atom. The Morgan fingerprint density at radius 2 is 0.944 bits per heavy atom. The fourth-order valence-electron chi connectivity index (χ4n) is 3.36. The van der Waals surface area contributed by atoms with Gasteiger partial charge in [0.25, 0.3) is 11.8 Å². The number of ether oxygens (including phenoxy) is 2. The number of hydrogen-bond donors (Lipinski definition) is 6. The number of amides is 4. The maximum Gasteiger partial charge on any atom is 0.252 e. The van der Waals surface area contributed by atoms with Gasteiger partial charge in [-0.15, -0.1) is 0 Å². The minimum absolute atomic E-state index is 0.0764. The van der Waals surface area contributed by atoms with Gasteiger partial charge < -0.3 is 41.0 Å². The largest absolute Gasteiger partial charge is 0.387 e. The molecule has 0 saturated carbocycles. The molecule has 6 N–H and O–H groups in total. The van der Waals surface area contributed by atoms with Crippen molar-refractivity contribution in [3.8, 4) is 0 Å². The third-order valence-corrected chi connectivity index (χ3v) is 5.48. The number of likely N-dealkylation sites (N-methyl/N-ethyl adjacent to an activating group) is 2. The van der Waals surface area contributed by atoms with E-state index in [9.17, 15) is 29.4 Å². The Morgan fingerprint density at radius 1 is 0.639 bits per heavy atom. The summed E-state index contributed by atoms with van der Waals surface area (Å²) in [4.78, 5) is 50.5. The maximum atomic E-state index is 13.1. The van der Waals surface area contributed by atoms with E-state index in [0.29, 0.717) is 12.8 Å². The van der Waals surface area contributed by atoms with E-state index >= 15 is 0 Å². The number of rotatable bonds is 17. The topological polar surface area (TPSA) is 175 Å². The van der Waals surface area contributed by atoms with Crippen LogP contribution in [-0.4, -0.2) is 97.7 Å². The smallest absolute Gasteiger partial charge is 0.252 e. The van der Waals surface area contributed by atoms with Crippen molar-refractivity contribution < 1.29 is 38.9 Å². The third kappa shape index (κ3) is 10.4. The highest BCUT2D eigenvalue weighted by Gasteiger charge is 2.42. The Labute approximate surface area is 214 Å². The van der Waals surface area contributed by atoms with Gasteiger partial charge in [0.05, 0.1) is 0 Å². The first-order valence-electron chi connectivity index (χ1n) is 12.5. The highest BCUT2D eigenvalue weighted by atomic mass is 16.5. The van der Waals surface area contributed by atoms with E-state index in [4.69, 9.17) is 9.47 Å². The molecule has 210 valence electrons. The summed E-state index contributed by atoms with van der Waals surface area (Å²) < 4.78 is 11.1. The number of aliphatic hydroxyl groups is 2. The predicted octanol–water partition coefficient (Wildman–Crippen LogP) is -0.928. The van der Waals surface area contributed by atoms with Crippen LogP contribution >= 0.6 is 0 Å². The molecule has 0 aromatic carbocycles. The van der Waals surface area contributed by atoms with Gasteiger partial charge in [-0.1, -0.05) is 41.5 Å². The van der Waals surface area contributed by atoms with Crippen molar-refractivity contribution in [1.82, 2.24) is 21.3 Å². The molecular weight excluding hydrogens is 472 g/mol. The molecule has 0 aromatic heterocycles. The van der Waals surface area contributed by atoms with Gasteiger partial charge in [-0.3, -0.25) is 19.2 Å². The van der Waals surface area contributed by atoms with Crippen molar-refractivity contribution in [3.05, 3.63) is 0 Å². The molecule has 0 radical (unpaired) electrons. The summed E-state index contributed by atoms with van der Waals surface area (Å²) in [5, 5.41) is 32.0. The van der Waals surface area contributed by atoms with Crippen molar-refractivity contribution in [2.45, 2.75) is 90.9 Å². The number of carbonyl (C=O) groups excluding carboxylic acids is 4. The highest BCUT2D eigenvalue weighted by Crippen LogP contribution is 2.15. The zero-order valence-electron chi connectivity index (χ0n) is 22.8. The lowest BCUT2D eigenvalue weighted by atomic mass is 9.98. The van der Waals surface area contributed by atoms with Crippen LogP contribution in [-0.2, 0) is 28.7 Å². The minimum Gasteiger partial charge on any atom is -0.387 e. The first kappa shape index (κ1) is 33.7. The lowest BCUT2D eigenvalue weighted by molar-refractivity contribution is -0.169. The maximum absolute atomic E-state index is 13.1. The molecule has 12 heteroatoms. The molecule has 0 bridgehead atoms. The summed E-state index contributed by atoms with van der Waals surface area (Å²) in [6.07, 6.45) is -5.92. The fraction of sp³-hybridized carbons (Fsp3) is 0.833. The average Bonchev–Trinajstić information content (AvgIpc) is 2.84. The normalized spacial score (nSPS) is 16.4. The summed E-state index contributed by atoms with van der Waals surface area (Å²) in [6.45, 7) is 10.7. The summed E-state index contributed by atoms with van der Waals surface area (Å²) in [7, 11) is 2.87. The van der Waals surface area contributed by atoms with Crippen LogP contribution in [0.2, 0.25) is 0 Å². The number of aliphatic hydroxyl groups excluding tert-OH is 2. The van der Waals surface area contributed by atoms with E-state index in [1.165, 1.54) is 14.1 Å². The molecule has 0 spiro atoms. The van der Waals surface area contributed by atoms with E-state index in [2.05, 4.69) is 21.3 Å². The summed E-state index contributed by atoms with van der Waals surface area (Å²) >= 11 is 0. The first-order valence-corrected chi connectivity index (χ1v) is 12.5. The molecule has 0 aliphatic heterocycles. The van der Waals surface area contributed by atoms with E-state index in [0.717, 1.165) is 0 Å². The second-order valence-electron chi connectivity index (χ2n) is 9.25. The van der Waals surface area contributed by atoms with Gasteiger partial charge >= 0.3 is 0 Å². The van der Waals surface area contributed by atoms with Crippen LogP contribution in [0.3, 0.4) is 0 Å². The van der Waals surface area contributed by atoms with Gasteiger partial charge in [0.1, 0.15) is 24.3 Å². The Bertz CT molecular complexity index is 646. The molecule has 0 fully saturated rings. The first-order chi connectivity index (χ1) is 16.9. The SMILES string of the molecule is CCCOC(C(=O)NC(C(=O)NC)C(C)C)C(O)C(O)C(OCCC)C(=O)NC(C(=O)NC)C(C)C. The van der Waals surface area contributed by atoms with Gasteiger partial charge in [0.15, 0.2) is 12.2 Å². The molecule has 4 amide bonds. The third-order valence-electron chi connectivity index (χ3n) is 5.48. The summed E-state index contributed by atoms with van der Waals surface area (Å²) in [5.74, 6) is -3.05. The van der Waals surface area contributed by atoms with Crippen LogP contribution in [0.15, 0.2) is 0 Å². The van der Waals surface area contributed by atoms with E-state index in [1.54, 1.807) is 41.5 Å². The standard InChI is InChI=1S/C24H46N4O8/c1-9-11-35-19(23(33)27-15(13(3)4)21(31)25-7)17(29)18(30)20(36-12-10-2)24(34)28-16(14(5)6)22(32)26-8/h13-20,29-30H,9-12H2,1-8H3,(H,25,31)(H,26,32)(H,27,33)(H,28,34). The number of nitrogens with one attached hydrogen (secondary N) is 4. The Balaban J connectivity index is 5.94. The molecule has 0 aromatic rings. The van der Waals surface area contributed by atoms with Crippen LogP contribution in [0.1, 0.15) is 54.4 Å². The number of carbonyl (C=O) groups is 4. The lowest BCUT2D eigenvalue weighted by Gasteiger charge is -2.32. The zero-order chi connectivity index (χ0) is 28.0. The molecule has 0 aliphatic carbocycles. The highest BCUT2D eigenvalue weighted by molar-refractivity contribution is 5.91. The van der Waals surface area contributed by atoms with Gasteiger partial charge in [-0.05, 0) is 24.7 Å². The second-order valence-corrected chi connectivity index (χ2v) is 9.25. The molecular formula is C24H46N4O8. The molecule has 0 aliphatic rings. The molecule has 36 heavy (non-hydrogen) atoms. The number of hydrogen-bond acceptors (Lipinski definition) is 8. The van der Waals surface area contributed by atoms with Crippen molar-refractivity contribution in [3.63, 3.8) is 0 Å². The molecule has 0 heterocycles. The molecule has 0 saturated heterocycles. The van der Waals surface area contributed by atoms with Crippen LogP contribution in [0.4, 0.5) is 0 Å². The van der Waals surface area contributed by atoms with Crippen molar-refractivity contribution >= 4 is 23.6 Å². The van der Waals surface area contributed by atoms with Crippen LogP contribution in [0.5, 0.6) is 0 Å². The molecule has 6 atom stereocenters. The summed E-state index contributed by atoms with van der Waals surface area (Å²) in [6, 6.07) is -1.82. The Hall–Kier alpha value is -2.28. The fourth-order valence-corrected chi connectivity index (χ4v) is 3.36. The zero-order valence-corrected chi connectivity index (χ0v) is 22.8. The van der Waals surface area contributed by atoms with E-state index in [1.807, 2.05) is 0 Å². The second kappa shape index (κ2) is 17.2.